The molecule has 0 radical (unpaired) electrons. The largest absolute Gasteiger partial charge is 0.393 e. The van der Waals surface area contributed by atoms with Crippen LogP contribution in [-0.4, -0.2) is 21.2 Å². The molecule has 0 fully saturated rings. The monoisotopic (exact) mass is 206 g/mol. The van der Waals surface area contributed by atoms with Gasteiger partial charge in [-0.15, -0.1) is 0 Å². The summed E-state index contributed by atoms with van der Waals surface area (Å²) in [4.78, 5) is 7.50. The van der Waals surface area contributed by atoms with Gasteiger partial charge in [-0.2, -0.15) is 0 Å². The Hall–Kier alpha value is -0.380. The topological polar surface area (TPSA) is 46.0 Å². The zero-order chi connectivity index (χ0) is 9.14. The smallest absolute Gasteiger partial charge is 0.137 e. The maximum absolute atomic E-state index is 9.08. The summed E-state index contributed by atoms with van der Waals surface area (Å²) in [7, 11) is 0. The zero-order valence-corrected chi connectivity index (χ0v) is 7.97. The van der Waals surface area contributed by atoms with E-state index >= 15 is 0 Å². The van der Waals surface area contributed by atoms with Crippen molar-refractivity contribution in [3.63, 3.8) is 0 Å². The van der Waals surface area contributed by atoms with Gasteiger partial charge in [0.2, 0.25) is 0 Å². The lowest BCUT2D eigenvalue weighted by Crippen LogP contribution is -2.06. The molecule has 3 nitrogen and oxygen atoms in total. The highest BCUT2D eigenvalue weighted by atomic mass is 35.5. The average molecular weight is 207 g/mol. The fraction of sp³-hybridized carbons (Fsp3) is 0.429. The van der Waals surface area contributed by atoms with E-state index in [0.29, 0.717) is 22.3 Å². The molecule has 0 bridgehead atoms. The van der Waals surface area contributed by atoms with E-state index in [-0.39, 0.29) is 0 Å². The fourth-order valence-corrected chi connectivity index (χ4v) is 1.30. The summed E-state index contributed by atoms with van der Waals surface area (Å²) in [6.07, 6.45) is 1.17. The predicted molar refractivity (Wildman–Crippen MR) is 47.4 cm³/mol. The van der Waals surface area contributed by atoms with E-state index in [2.05, 4.69) is 9.97 Å². The molecular formula is C7H8Cl2N2O. The van der Waals surface area contributed by atoms with Gasteiger partial charge < -0.3 is 5.11 Å². The van der Waals surface area contributed by atoms with Gasteiger partial charge in [0.05, 0.1) is 6.10 Å². The number of aliphatic hydroxyl groups is 1. The normalized spacial score (nSPS) is 13.0. The standard InChI is InChI=1S/C7H8Cl2N2O/c1-4(12)2-5-6(8)10-3-11-7(5)9/h3-4,12H,2H2,1H3/t4-/m0/s1. The summed E-state index contributed by atoms with van der Waals surface area (Å²) in [5, 5.41) is 9.69. The fourth-order valence-electron chi connectivity index (χ4n) is 0.835. The first kappa shape index (κ1) is 9.71. The Morgan fingerprint density at radius 3 is 2.33 bits per heavy atom. The van der Waals surface area contributed by atoms with Crippen LogP contribution in [0, 0.1) is 0 Å². The van der Waals surface area contributed by atoms with Gasteiger partial charge in [0.25, 0.3) is 0 Å². The van der Waals surface area contributed by atoms with Crippen molar-refractivity contribution in [3.8, 4) is 0 Å². The number of nitrogens with zero attached hydrogens (tertiary/aromatic N) is 2. The third-order valence-corrected chi connectivity index (χ3v) is 1.99. The predicted octanol–water partition coefficient (Wildman–Crippen LogP) is 1.71. The van der Waals surface area contributed by atoms with E-state index in [1.54, 1.807) is 6.92 Å². The van der Waals surface area contributed by atoms with Crippen molar-refractivity contribution in [1.29, 1.82) is 0 Å². The highest BCUT2D eigenvalue weighted by molar-refractivity contribution is 6.34. The summed E-state index contributed by atoms with van der Waals surface area (Å²) >= 11 is 11.5. The highest BCUT2D eigenvalue weighted by Crippen LogP contribution is 2.20. The molecule has 0 aliphatic carbocycles. The van der Waals surface area contributed by atoms with E-state index in [0.717, 1.165) is 0 Å². The summed E-state index contributed by atoms with van der Waals surface area (Å²) in [5.41, 5.74) is 0.593. The number of hydrogen-bond donors (Lipinski definition) is 1. The minimum Gasteiger partial charge on any atom is -0.393 e. The first-order valence-corrected chi connectivity index (χ1v) is 4.19. The van der Waals surface area contributed by atoms with Gasteiger partial charge in [-0.05, 0) is 6.92 Å². The first-order valence-electron chi connectivity index (χ1n) is 3.44. The van der Waals surface area contributed by atoms with Crippen molar-refractivity contribution >= 4 is 23.2 Å². The molecule has 1 aromatic rings. The Kier molecular flexibility index (Phi) is 3.26. The molecule has 0 aliphatic rings. The second-order valence-corrected chi connectivity index (χ2v) is 3.20. The number of aliphatic hydroxyl groups excluding tert-OH is 1. The molecule has 0 aromatic carbocycles. The summed E-state index contributed by atoms with van der Waals surface area (Å²) in [5.74, 6) is 0. The Morgan fingerprint density at radius 1 is 1.42 bits per heavy atom. The van der Waals surface area contributed by atoms with E-state index in [1.807, 2.05) is 0 Å². The van der Waals surface area contributed by atoms with Crippen LogP contribution >= 0.6 is 23.2 Å². The van der Waals surface area contributed by atoms with Crippen LogP contribution in [-0.2, 0) is 6.42 Å². The SMILES string of the molecule is C[C@H](O)Cc1c(Cl)ncnc1Cl. The van der Waals surface area contributed by atoms with Gasteiger partial charge >= 0.3 is 0 Å². The van der Waals surface area contributed by atoms with Crippen LogP contribution in [0.5, 0.6) is 0 Å². The number of halogens is 2. The van der Waals surface area contributed by atoms with Crippen LogP contribution in [0.15, 0.2) is 6.33 Å². The van der Waals surface area contributed by atoms with Gasteiger partial charge in [0, 0.05) is 12.0 Å². The van der Waals surface area contributed by atoms with Crippen molar-refractivity contribution in [1.82, 2.24) is 9.97 Å². The van der Waals surface area contributed by atoms with E-state index in [1.165, 1.54) is 6.33 Å². The van der Waals surface area contributed by atoms with Crippen molar-refractivity contribution in [2.45, 2.75) is 19.4 Å². The van der Waals surface area contributed by atoms with Crippen LogP contribution in [0.4, 0.5) is 0 Å². The molecule has 1 rings (SSSR count). The molecule has 66 valence electrons. The maximum atomic E-state index is 9.08. The molecule has 0 unspecified atom stereocenters. The third kappa shape index (κ3) is 2.30. The van der Waals surface area contributed by atoms with E-state index < -0.39 is 6.10 Å². The van der Waals surface area contributed by atoms with Crippen LogP contribution in [0.3, 0.4) is 0 Å². The van der Waals surface area contributed by atoms with Gasteiger partial charge in [-0.25, -0.2) is 9.97 Å². The quantitative estimate of drug-likeness (QED) is 0.750. The van der Waals surface area contributed by atoms with Crippen LogP contribution in [0.2, 0.25) is 10.3 Å². The summed E-state index contributed by atoms with van der Waals surface area (Å²) in [6, 6.07) is 0. The molecule has 1 atom stereocenters. The van der Waals surface area contributed by atoms with Crippen LogP contribution in [0.1, 0.15) is 12.5 Å². The molecule has 1 aromatic heterocycles. The first-order chi connectivity index (χ1) is 5.61. The van der Waals surface area contributed by atoms with Crippen molar-refractivity contribution < 1.29 is 5.11 Å². The van der Waals surface area contributed by atoms with E-state index in [4.69, 9.17) is 28.3 Å². The molecule has 0 saturated heterocycles. The zero-order valence-electron chi connectivity index (χ0n) is 6.46. The second kappa shape index (κ2) is 4.03. The van der Waals surface area contributed by atoms with Crippen LogP contribution < -0.4 is 0 Å². The highest BCUT2D eigenvalue weighted by Gasteiger charge is 2.09. The average Bonchev–Trinajstić information content (AvgIpc) is 1.97. The van der Waals surface area contributed by atoms with Gasteiger partial charge in [-0.1, -0.05) is 23.2 Å². The van der Waals surface area contributed by atoms with Crippen molar-refractivity contribution in [3.05, 3.63) is 22.2 Å². The summed E-state index contributed by atoms with van der Waals surface area (Å²) in [6.45, 7) is 1.65. The molecule has 5 heteroatoms. The van der Waals surface area contributed by atoms with Gasteiger partial charge in [-0.3, -0.25) is 0 Å². The number of rotatable bonds is 2. The third-order valence-electron chi connectivity index (χ3n) is 1.34. The Bertz CT molecular complexity index is 258. The Labute approximate surface area is 80.4 Å². The summed E-state index contributed by atoms with van der Waals surface area (Å²) < 4.78 is 0. The van der Waals surface area contributed by atoms with Crippen molar-refractivity contribution in [2.75, 3.05) is 0 Å². The molecule has 0 saturated carbocycles. The molecule has 0 spiro atoms. The number of aromatic nitrogens is 2. The molecule has 1 heterocycles. The molecular weight excluding hydrogens is 199 g/mol. The van der Waals surface area contributed by atoms with Crippen molar-refractivity contribution in [2.24, 2.45) is 0 Å². The van der Waals surface area contributed by atoms with E-state index in [9.17, 15) is 0 Å². The lowest BCUT2D eigenvalue weighted by atomic mass is 10.2. The molecule has 0 aliphatic heterocycles. The van der Waals surface area contributed by atoms with Gasteiger partial charge in [0.1, 0.15) is 16.6 Å². The number of hydrogen-bond acceptors (Lipinski definition) is 3. The lowest BCUT2D eigenvalue weighted by molar-refractivity contribution is 0.195. The Balaban J connectivity index is 2.96. The molecule has 1 N–H and O–H groups in total. The minimum atomic E-state index is -0.494. The molecule has 0 amide bonds. The van der Waals surface area contributed by atoms with Crippen LogP contribution in [0.25, 0.3) is 0 Å². The Morgan fingerprint density at radius 2 is 1.92 bits per heavy atom. The lowest BCUT2D eigenvalue weighted by Gasteiger charge is -2.06. The maximum Gasteiger partial charge on any atom is 0.137 e. The van der Waals surface area contributed by atoms with Gasteiger partial charge in [0.15, 0.2) is 0 Å². The minimum absolute atomic E-state index is 0.302. The molecule has 12 heavy (non-hydrogen) atoms. The second-order valence-electron chi connectivity index (χ2n) is 2.49.